The van der Waals surface area contributed by atoms with Crippen molar-refractivity contribution in [1.82, 2.24) is 9.88 Å². The second-order valence-electron chi connectivity index (χ2n) is 4.01. The maximum absolute atomic E-state index is 11.6. The Labute approximate surface area is 118 Å². The zero-order valence-electron chi connectivity index (χ0n) is 10.3. The lowest BCUT2D eigenvalue weighted by atomic mass is 10.2. The Morgan fingerprint density at radius 2 is 2.05 bits per heavy atom. The van der Waals surface area contributed by atoms with Crippen LogP contribution in [0.3, 0.4) is 0 Å². The molecule has 0 aliphatic heterocycles. The van der Waals surface area contributed by atoms with Gasteiger partial charge in [0.25, 0.3) is 5.56 Å². The SMILES string of the molecule is O=C(O)CCCCNC(=O)Cn1cc(Br)ccc1=O. The van der Waals surface area contributed by atoms with E-state index < -0.39 is 5.97 Å². The predicted octanol–water partition coefficient (Wildman–Crippen LogP) is 0.982. The van der Waals surface area contributed by atoms with Crippen LogP contribution in [0.4, 0.5) is 0 Å². The maximum Gasteiger partial charge on any atom is 0.303 e. The summed E-state index contributed by atoms with van der Waals surface area (Å²) in [5.74, 6) is -1.11. The van der Waals surface area contributed by atoms with Crippen molar-refractivity contribution < 1.29 is 14.7 Å². The number of nitrogens with zero attached hydrogens (tertiary/aromatic N) is 1. The molecule has 0 aliphatic rings. The first-order chi connectivity index (χ1) is 8.99. The van der Waals surface area contributed by atoms with Crippen molar-refractivity contribution in [3.63, 3.8) is 0 Å². The third-order valence-electron chi connectivity index (χ3n) is 2.40. The lowest BCUT2D eigenvalue weighted by Gasteiger charge is -2.07. The Morgan fingerprint density at radius 3 is 2.74 bits per heavy atom. The van der Waals surface area contributed by atoms with Gasteiger partial charge in [0.2, 0.25) is 5.91 Å². The van der Waals surface area contributed by atoms with E-state index in [1.54, 1.807) is 12.3 Å². The lowest BCUT2D eigenvalue weighted by Crippen LogP contribution is -2.32. The molecule has 0 radical (unpaired) electrons. The summed E-state index contributed by atoms with van der Waals surface area (Å²) in [6.45, 7) is 0.367. The van der Waals surface area contributed by atoms with Crippen LogP contribution in [0.15, 0.2) is 27.6 Å². The van der Waals surface area contributed by atoms with Gasteiger partial charge in [-0.25, -0.2) is 0 Å². The Bertz CT molecular complexity index is 513. The number of nitrogens with one attached hydrogen (secondary N) is 1. The van der Waals surface area contributed by atoms with Crippen LogP contribution in [0.25, 0.3) is 0 Å². The fourth-order valence-corrected chi connectivity index (χ4v) is 1.84. The second-order valence-corrected chi connectivity index (χ2v) is 4.93. The fourth-order valence-electron chi connectivity index (χ4n) is 1.47. The van der Waals surface area contributed by atoms with Crippen LogP contribution < -0.4 is 10.9 Å². The lowest BCUT2D eigenvalue weighted by molar-refractivity contribution is -0.137. The van der Waals surface area contributed by atoms with Gasteiger partial charge in [-0.05, 0) is 34.8 Å². The third kappa shape index (κ3) is 6.19. The number of pyridine rings is 1. The van der Waals surface area contributed by atoms with Gasteiger partial charge in [-0.3, -0.25) is 14.4 Å². The highest BCUT2D eigenvalue weighted by atomic mass is 79.9. The normalized spacial score (nSPS) is 10.2. The van der Waals surface area contributed by atoms with Gasteiger partial charge in [0.05, 0.1) is 0 Å². The molecule has 0 spiro atoms. The van der Waals surface area contributed by atoms with E-state index in [4.69, 9.17) is 5.11 Å². The molecule has 0 aliphatic carbocycles. The molecule has 0 bridgehead atoms. The minimum Gasteiger partial charge on any atom is -0.481 e. The van der Waals surface area contributed by atoms with Crippen LogP contribution >= 0.6 is 15.9 Å². The number of halogens is 1. The van der Waals surface area contributed by atoms with Gasteiger partial charge >= 0.3 is 5.97 Å². The molecule has 1 aromatic rings. The third-order valence-corrected chi connectivity index (χ3v) is 2.87. The second kappa shape index (κ2) is 7.73. The molecule has 7 heteroatoms. The van der Waals surface area contributed by atoms with Gasteiger partial charge in [-0.1, -0.05) is 0 Å². The molecule has 1 aromatic heterocycles. The number of hydrogen-bond donors (Lipinski definition) is 2. The Balaban J connectivity index is 2.33. The molecule has 0 saturated heterocycles. The molecule has 1 rings (SSSR count). The Kier molecular flexibility index (Phi) is 6.27. The molecular weight excluding hydrogens is 316 g/mol. The summed E-state index contributed by atoms with van der Waals surface area (Å²) in [5, 5.41) is 11.1. The van der Waals surface area contributed by atoms with Crippen molar-refractivity contribution in [2.24, 2.45) is 0 Å². The van der Waals surface area contributed by atoms with Gasteiger partial charge < -0.3 is 15.0 Å². The number of carbonyl (C=O) groups excluding carboxylic acids is 1. The number of carbonyl (C=O) groups is 2. The maximum atomic E-state index is 11.6. The van der Waals surface area contributed by atoms with Crippen molar-refractivity contribution in [3.05, 3.63) is 33.2 Å². The molecule has 0 saturated carbocycles. The summed E-state index contributed by atoms with van der Waals surface area (Å²) < 4.78 is 2.03. The number of hydrogen-bond acceptors (Lipinski definition) is 3. The Hall–Kier alpha value is -1.63. The summed E-state index contributed by atoms with van der Waals surface area (Å²) in [6.07, 6.45) is 2.77. The number of aromatic nitrogens is 1. The molecule has 1 heterocycles. The summed E-state index contributed by atoms with van der Waals surface area (Å²) in [4.78, 5) is 33.3. The van der Waals surface area contributed by atoms with Gasteiger partial charge in [0, 0.05) is 29.7 Å². The monoisotopic (exact) mass is 330 g/mol. The summed E-state index contributed by atoms with van der Waals surface area (Å²) in [7, 11) is 0. The first-order valence-corrected chi connectivity index (χ1v) is 6.63. The number of carboxylic acids is 1. The molecule has 0 aromatic carbocycles. The van der Waals surface area contributed by atoms with Gasteiger partial charge in [-0.15, -0.1) is 0 Å². The van der Waals surface area contributed by atoms with E-state index in [2.05, 4.69) is 21.2 Å². The van der Waals surface area contributed by atoms with Gasteiger partial charge in [-0.2, -0.15) is 0 Å². The van der Waals surface area contributed by atoms with E-state index in [0.29, 0.717) is 19.4 Å². The number of unbranched alkanes of at least 4 members (excludes halogenated alkanes) is 1. The minimum absolute atomic E-state index is 0.0444. The van der Waals surface area contributed by atoms with Crippen molar-refractivity contribution >= 4 is 27.8 Å². The Morgan fingerprint density at radius 1 is 1.32 bits per heavy atom. The van der Waals surface area contributed by atoms with Crippen molar-refractivity contribution in [3.8, 4) is 0 Å². The number of rotatable bonds is 7. The van der Waals surface area contributed by atoms with E-state index in [-0.39, 0.29) is 24.4 Å². The molecule has 0 atom stereocenters. The van der Waals surface area contributed by atoms with E-state index in [0.717, 1.165) is 4.47 Å². The molecule has 0 unspecified atom stereocenters. The first-order valence-electron chi connectivity index (χ1n) is 5.83. The molecule has 0 fully saturated rings. The molecule has 19 heavy (non-hydrogen) atoms. The molecular formula is C12H15BrN2O4. The van der Waals surface area contributed by atoms with Crippen molar-refractivity contribution in [2.75, 3.05) is 6.54 Å². The molecule has 1 amide bonds. The number of aliphatic carboxylic acids is 1. The smallest absolute Gasteiger partial charge is 0.303 e. The van der Waals surface area contributed by atoms with E-state index >= 15 is 0 Å². The average Bonchev–Trinajstić information content (AvgIpc) is 2.33. The standard InChI is InChI=1S/C12H15BrN2O4/c13-9-4-5-11(17)15(7-9)8-10(16)14-6-2-1-3-12(18)19/h4-5,7H,1-3,6,8H2,(H,14,16)(H,18,19). The number of carboxylic acid groups (broad SMARTS) is 1. The fraction of sp³-hybridized carbons (Fsp3) is 0.417. The summed E-state index contributed by atoms with van der Waals surface area (Å²) in [5.41, 5.74) is -0.246. The van der Waals surface area contributed by atoms with E-state index in [1.165, 1.54) is 10.6 Å². The van der Waals surface area contributed by atoms with E-state index in [1.807, 2.05) is 0 Å². The zero-order chi connectivity index (χ0) is 14.3. The van der Waals surface area contributed by atoms with E-state index in [9.17, 15) is 14.4 Å². The first kappa shape index (κ1) is 15.4. The highest BCUT2D eigenvalue weighted by Gasteiger charge is 2.04. The highest BCUT2D eigenvalue weighted by Crippen LogP contribution is 2.04. The van der Waals surface area contributed by atoms with Gasteiger partial charge in [0.15, 0.2) is 0 Å². The van der Waals surface area contributed by atoms with Crippen LogP contribution in [0.2, 0.25) is 0 Å². The molecule has 6 nitrogen and oxygen atoms in total. The van der Waals surface area contributed by atoms with Gasteiger partial charge in [0.1, 0.15) is 6.54 Å². The number of amides is 1. The molecule has 2 N–H and O–H groups in total. The zero-order valence-corrected chi connectivity index (χ0v) is 11.9. The minimum atomic E-state index is -0.841. The van der Waals surface area contributed by atoms with Crippen LogP contribution in [0.1, 0.15) is 19.3 Å². The predicted molar refractivity (Wildman–Crippen MR) is 72.9 cm³/mol. The quantitative estimate of drug-likeness (QED) is 0.729. The van der Waals surface area contributed by atoms with Crippen molar-refractivity contribution in [1.29, 1.82) is 0 Å². The highest BCUT2D eigenvalue weighted by molar-refractivity contribution is 9.10. The van der Waals surface area contributed by atoms with Crippen LogP contribution in [0, 0.1) is 0 Å². The topological polar surface area (TPSA) is 88.4 Å². The van der Waals surface area contributed by atoms with Crippen LogP contribution in [-0.4, -0.2) is 28.1 Å². The summed E-state index contributed by atoms with van der Waals surface area (Å²) >= 11 is 3.23. The molecule has 104 valence electrons. The summed E-state index contributed by atoms with van der Waals surface area (Å²) in [6, 6.07) is 2.99. The van der Waals surface area contributed by atoms with Crippen molar-refractivity contribution in [2.45, 2.75) is 25.8 Å². The largest absolute Gasteiger partial charge is 0.481 e. The van der Waals surface area contributed by atoms with Crippen LogP contribution in [-0.2, 0) is 16.1 Å². The average molecular weight is 331 g/mol. The van der Waals surface area contributed by atoms with Crippen LogP contribution in [0.5, 0.6) is 0 Å².